The molecule has 0 saturated carbocycles. The maximum absolute atomic E-state index is 12.3. The van der Waals surface area contributed by atoms with Crippen LogP contribution in [0.2, 0.25) is 0 Å². The van der Waals surface area contributed by atoms with Crippen molar-refractivity contribution >= 4 is 23.3 Å². The molecule has 0 atom stereocenters. The van der Waals surface area contributed by atoms with E-state index in [1.807, 2.05) is 30.3 Å². The summed E-state index contributed by atoms with van der Waals surface area (Å²) in [6.45, 7) is 4.61. The van der Waals surface area contributed by atoms with Gasteiger partial charge in [0.15, 0.2) is 12.4 Å². The van der Waals surface area contributed by atoms with E-state index in [0.717, 1.165) is 5.56 Å². The van der Waals surface area contributed by atoms with Crippen LogP contribution in [0, 0.1) is 0 Å². The van der Waals surface area contributed by atoms with E-state index in [-0.39, 0.29) is 12.4 Å². The molecule has 130 valence electrons. The monoisotopic (exact) mass is 339 g/mol. The molecule has 25 heavy (non-hydrogen) atoms. The second-order valence-corrected chi connectivity index (χ2v) is 6.25. The zero-order valence-electron chi connectivity index (χ0n) is 14.5. The molecule has 0 aliphatic heterocycles. The molecule has 1 amide bonds. The number of ether oxygens (including phenoxy) is 1. The molecule has 1 N–H and O–H groups in total. The largest absolute Gasteiger partial charge is 0.455 e. The van der Waals surface area contributed by atoms with Crippen molar-refractivity contribution in [1.82, 2.24) is 0 Å². The lowest BCUT2D eigenvalue weighted by Crippen LogP contribution is -2.33. The van der Waals surface area contributed by atoms with E-state index in [4.69, 9.17) is 4.74 Å². The Morgan fingerprint density at radius 2 is 1.56 bits per heavy atom. The number of carbonyl (C=O) groups excluding carboxylic acids is 3. The number of amides is 1. The van der Waals surface area contributed by atoms with Crippen LogP contribution in [-0.4, -0.2) is 24.3 Å². The van der Waals surface area contributed by atoms with Gasteiger partial charge in [-0.25, -0.2) is 0 Å². The van der Waals surface area contributed by atoms with Crippen LogP contribution in [0.5, 0.6) is 0 Å². The van der Waals surface area contributed by atoms with E-state index in [2.05, 4.69) is 5.32 Å². The SMILES string of the molecule is CC(=O)c1ccc(NC(=O)COC(=O)C(C)(C)c2ccccc2)cc1. The molecule has 0 fully saturated rings. The number of hydrogen-bond acceptors (Lipinski definition) is 4. The van der Waals surface area contributed by atoms with Gasteiger partial charge in [0.1, 0.15) is 0 Å². The molecule has 5 nitrogen and oxygen atoms in total. The van der Waals surface area contributed by atoms with Gasteiger partial charge >= 0.3 is 5.97 Å². The van der Waals surface area contributed by atoms with E-state index in [9.17, 15) is 14.4 Å². The summed E-state index contributed by atoms with van der Waals surface area (Å²) >= 11 is 0. The highest BCUT2D eigenvalue weighted by atomic mass is 16.5. The van der Waals surface area contributed by atoms with Crippen LogP contribution in [0.15, 0.2) is 54.6 Å². The molecule has 2 aromatic rings. The molecule has 0 aliphatic rings. The minimum Gasteiger partial charge on any atom is -0.455 e. The highest BCUT2D eigenvalue weighted by Crippen LogP contribution is 2.24. The Balaban J connectivity index is 1.91. The second-order valence-electron chi connectivity index (χ2n) is 6.25. The zero-order chi connectivity index (χ0) is 18.4. The van der Waals surface area contributed by atoms with Crippen molar-refractivity contribution in [2.75, 3.05) is 11.9 Å². The van der Waals surface area contributed by atoms with Crippen LogP contribution in [0.4, 0.5) is 5.69 Å². The molecule has 0 spiro atoms. The Morgan fingerprint density at radius 3 is 2.12 bits per heavy atom. The fourth-order valence-corrected chi connectivity index (χ4v) is 2.27. The summed E-state index contributed by atoms with van der Waals surface area (Å²) in [6.07, 6.45) is 0. The maximum Gasteiger partial charge on any atom is 0.316 e. The fraction of sp³-hybridized carbons (Fsp3) is 0.250. The minimum absolute atomic E-state index is 0.0463. The summed E-state index contributed by atoms with van der Waals surface area (Å²) in [4.78, 5) is 35.5. The van der Waals surface area contributed by atoms with Gasteiger partial charge in [0.25, 0.3) is 5.91 Å². The molecule has 0 radical (unpaired) electrons. The number of carbonyl (C=O) groups is 3. The van der Waals surface area contributed by atoms with Crippen LogP contribution in [0.3, 0.4) is 0 Å². The Bertz CT molecular complexity index is 764. The third kappa shape index (κ3) is 4.76. The van der Waals surface area contributed by atoms with E-state index < -0.39 is 17.3 Å². The van der Waals surface area contributed by atoms with Crippen molar-refractivity contribution in [3.05, 3.63) is 65.7 Å². The van der Waals surface area contributed by atoms with Gasteiger partial charge in [-0.15, -0.1) is 0 Å². The van der Waals surface area contributed by atoms with Crippen LogP contribution >= 0.6 is 0 Å². The fourth-order valence-electron chi connectivity index (χ4n) is 2.27. The van der Waals surface area contributed by atoms with E-state index in [1.54, 1.807) is 38.1 Å². The van der Waals surface area contributed by atoms with Gasteiger partial charge in [0, 0.05) is 11.3 Å². The number of ketones is 1. The molecule has 5 heteroatoms. The molecule has 2 rings (SSSR count). The lowest BCUT2D eigenvalue weighted by molar-refractivity contribution is -0.152. The maximum atomic E-state index is 12.3. The topological polar surface area (TPSA) is 72.5 Å². The number of hydrogen-bond donors (Lipinski definition) is 1. The molecule has 0 unspecified atom stereocenters. The smallest absolute Gasteiger partial charge is 0.316 e. The standard InChI is InChI=1S/C20H21NO4/c1-14(22)15-9-11-17(12-10-15)21-18(23)13-25-19(24)20(2,3)16-7-5-4-6-8-16/h4-12H,13H2,1-3H3,(H,21,23). The van der Waals surface area contributed by atoms with Gasteiger partial charge < -0.3 is 10.1 Å². The summed E-state index contributed by atoms with van der Waals surface area (Å²) in [7, 11) is 0. The number of rotatable bonds is 6. The Kier molecular flexibility index (Phi) is 5.70. The van der Waals surface area contributed by atoms with Crippen molar-refractivity contribution in [3.63, 3.8) is 0 Å². The first-order chi connectivity index (χ1) is 11.8. The second kappa shape index (κ2) is 7.75. The first kappa shape index (κ1) is 18.4. The van der Waals surface area contributed by atoms with Crippen molar-refractivity contribution in [1.29, 1.82) is 0 Å². The summed E-state index contributed by atoms with van der Waals surface area (Å²) in [6, 6.07) is 15.8. The van der Waals surface area contributed by atoms with Crippen molar-refractivity contribution in [2.45, 2.75) is 26.2 Å². The van der Waals surface area contributed by atoms with E-state index in [1.165, 1.54) is 6.92 Å². The first-order valence-electron chi connectivity index (χ1n) is 7.94. The lowest BCUT2D eigenvalue weighted by Gasteiger charge is -2.22. The molecule has 0 heterocycles. The predicted octanol–water partition coefficient (Wildman–Crippen LogP) is 3.35. The average molecular weight is 339 g/mol. The van der Waals surface area contributed by atoms with Gasteiger partial charge in [-0.1, -0.05) is 30.3 Å². The average Bonchev–Trinajstić information content (AvgIpc) is 2.60. The zero-order valence-corrected chi connectivity index (χ0v) is 14.5. The van der Waals surface area contributed by atoms with Gasteiger partial charge in [0.2, 0.25) is 0 Å². The van der Waals surface area contributed by atoms with Gasteiger partial charge in [-0.3, -0.25) is 14.4 Å². The minimum atomic E-state index is -0.843. The first-order valence-corrected chi connectivity index (χ1v) is 7.94. The third-order valence-electron chi connectivity index (χ3n) is 3.92. The number of anilines is 1. The van der Waals surface area contributed by atoms with Crippen molar-refractivity contribution in [3.8, 4) is 0 Å². The number of nitrogens with one attached hydrogen (secondary N) is 1. The molecule has 0 saturated heterocycles. The highest BCUT2D eigenvalue weighted by molar-refractivity contribution is 5.96. The Labute approximate surface area is 147 Å². The number of benzene rings is 2. The quantitative estimate of drug-likeness (QED) is 0.647. The van der Waals surface area contributed by atoms with Gasteiger partial charge in [-0.05, 0) is 50.6 Å². The van der Waals surface area contributed by atoms with Crippen LogP contribution < -0.4 is 5.32 Å². The normalized spacial score (nSPS) is 10.8. The molecule has 2 aromatic carbocycles. The molecular weight excluding hydrogens is 318 g/mol. The van der Waals surface area contributed by atoms with E-state index >= 15 is 0 Å². The number of esters is 1. The Hall–Kier alpha value is -2.95. The highest BCUT2D eigenvalue weighted by Gasteiger charge is 2.31. The molecule has 0 aromatic heterocycles. The van der Waals surface area contributed by atoms with Gasteiger partial charge in [-0.2, -0.15) is 0 Å². The molecule has 0 bridgehead atoms. The van der Waals surface area contributed by atoms with Crippen molar-refractivity contribution in [2.24, 2.45) is 0 Å². The summed E-state index contributed by atoms with van der Waals surface area (Å²) in [5, 5.41) is 2.63. The summed E-state index contributed by atoms with van der Waals surface area (Å²) < 4.78 is 5.15. The molecule has 0 aliphatic carbocycles. The van der Waals surface area contributed by atoms with Gasteiger partial charge in [0.05, 0.1) is 5.41 Å². The summed E-state index contributed by atoms with van der Waals surface area (Å²) in [5.74, 6) is -0.955. The number of Topliss-reactive ketones (excluding diaryl/α,β-unsaturated/α-hetero) is 1. The molecular formula is C20H21NO4. The van der Waals surface area contributed by atoms with Crippen LogP contribution in [0.1, 0.15) is 36.7 Å². The Morgan fingerprint density at radius 1 is 0.960 bits per heavy atom. The summed E-state index contributed by atoms with van der Waals surface area (Å²) in [5.41, 5.74) is 1.08. The van der Waals surface area contributed by atoms with Crippen LogP contribution in [-0.2, 0) is 19.7 Å². The van der Waals surface area contributed by atoms with Crippen molar-refractivity contribution < 1.29 is 19.1 Å². The third-order valence-corrected chi connectivity index (χ3v) is 3.92. The predicted molar refractivity (Wildman–Crippen MR) is 95.5 cm³/mol. The van der Waals surface area contributed by atoms with E-state index in [0.29, 0.717) is 11.3 Å². The lowest BCUT2D eigenvalue weighted by atomic mass is 9.85. The van der Waals surface area contributed by atoms with Crippen LogP contribution in [0.25, 0.3) is 0 Å².